The summed E-state index contributed by atoms with van der Waals surface area (Å²) in [5, 5.41) is 9.12. The number of anilines is 1. The van der Waals surface area contributed by atoms with E-state index in [1.54, 1.807) is 24.3 Å². The van der Waals surface area contributed by atoms with Gasteiger partial charge in [-0.15, -0.1) is 0 Å². The standard InChI is InChI=1S/C14H14BrNO3S/c1-10-4-2-3-5-13(10)16-20(18,19)14-8-11(9-17)6-7-12(14)15/h2-8,16-17H,9H2,1H3. The Hall–Kier alpha value is -1.37. The van der Waals surface area contributed by atoms with Crippen LogP contribution in [-0.4, -0.2) is 13.5 Å². The fourth-order valence-corrected chi connectivity index (χ4v) is 3.88. The first-order valence-corrected chi connectivity index (χ1v) is 8.19. The van der Waals surface area contributed by atoms with Crippen LogP contribution in [-0.2, 0) is 16.6 Å². The number of para-hydroxylation sites is 1. The van der Waals surface area contributed by atoms with Gasteiger partial charge in [0.25, 0.3) is 10.0 Å². The molecule has 0 fully saturated rings. The summed E-state index contributed by atoms with van der Waals surface area (Å²) < 4.78 is 27.9. The van der Waals surface area contributed by atoms with Crippen molar-refractivity contribution in [2.45, 2.75) is 18.4 Å². The third-order valence-electron chi connectivity index (χ3n) is 2.86. The van der Waals surface area contributed by atoms with E-state index in [4.69, 9.17) is 5.11 Å². The van der Waals surface area contributed by atoms with Crippen molar-refractivity contribution in [3.63, 3.8) is 0 Å². The topological polar surface area (TPSA) is 66.4 Å². The molecule has 0 radical (unpaired) electrons. The first-order valence-electron chi connectivity index (χ1n) is 5.92. The molecule has 0 unspecified atom stereocenters. The Morgan fingerprint density at radius 2 is 1.90 bits per heavy atom. The second-order valence-corrected chi connectivity index (χ2v) is 6.85. The molecule has 106 valence electrons. The first-order chi connectivity index (χ1) is 9.44. The lowest BCUT2D eigenvalue weighted by atomic mass is 10.2. The molecule has 0 spiro atoms. The van der Waals surface area contributed by atoms with Gasteiger partial charge in [-0.1, -0.05) is 24.3 Å². The number of aliphatic hydroxyl groups is 1. The summed E-state index contributed by atoms with van der Waals surface area (Å²) in [6.07, 6.45) is 0. The van der Waals surface area contributed by atoms with Gasteiger partial charge in [0.05, 0.1) is 12.3 Å². The van der Waals surface area contributed by atoms with Crippen LogP contribution >= 0.6 is 15.9 Å². The molecule has 0 aliphatic carbocycles. The number of sulfonamides is 1. The SMILES string of the molecule is Cc1ccccc1NS(=O)(=O)c1cc(CO)ccc1Br. The van der Waals surface area contributed by atoms with E-state index in [1.807, 2.05) is 19.1 Å². The van der Waals surface area contributed by atoms with Crippen LogP contribution in [0, 0.1) is 6.92 Å². The molecule has 20 heavy (non-hydrogen) atoms. The maximum Gasteiger partial charge on any atom is 0.263 e. The zero-order valence-electron chi connectivity index (χ0n) is 10.8. The highest BCUT2D eigenvalue weighted by Gasteiger charge is 2.19. The largest absolute Gasteiger partial charge is 0.392 e. The van der Waals surface area contributed by atoms with Gasteiger partial charge in [0.2, 0.25) is 0 Å². The van der Waals surface area contributed by atoms with E-state index in [1.165, 1.54) is 6.07 Å². The van der Waals surface area contributed by atoms with Gasteiger partial charge in [-0.2, -0.15) is 0 Å². The highest BCUT2D eigenvalue weighted by molar-refractivity contribution is 9.10. The van der Waals surface area contributed by atoms with Crippen LogP contribution in [0.3, 0.4) is 0 Å². The molecule has 2 N–H and O–H groups in total. The maximum atomic E-state index is 12.4. The van der Waals surface area contributed by atoms with Crippen molar-refractivity contribution in [2.75, 3.05) is 4.72 Å². The van der Waals surface area contributed by atoms with E-state index >= 15 is 0 Å². The fraction of sp³-hybridized carbons (Fsp3) is 0.143. The summed E-state index contributed by atoms with van der Waals surface area (Å²) in [7, 11) is -3.71. The highest BCUT2D eigenvalue weighted by atomic mass is 79.9. The Morgan fingerprint density at radius 1 is 1.20 bits per heavy atom. The number of aliphatic hydroxyl groups excluding tert-OH is 1. The van der Waals surface area contributed by atoms with Gasteiger partial charge in [0.15, 0.2) is 0 Å². The second-order valence-electron chi connectivity index (χ2n) is 4.34. The van der Waals surface area contributed by atoms with Crippen LogP contribution in [0.15, 0.2) is 51.8 Å². The summed E-state index contributed by atoms with van der Waals surface area (Å²) in [6.45, 7) is 1.62. The molecule has 6 heteroatoms. The summed E-state index contributed by atoms with van der Waals surface area (Å²) in [4.78, 5) is 0.104. The lowest BCUT2D eigenvalue weighted by Gasteiger charge is -2.12. The second kappa shape index (κ2) is 5.95. The summed E-state index contributed by atoms with van der Waals surface area (Å²) in [5.74, 6) is 0. The van der Waals surface area contributed by atoms with Gasteiger partial charge < -0.3 is 5.11 Å². The van der Waals surface area contributed by atoms with Crippen LogP contribution in [0.1, 0.15) is 11.1 Å². The van der Waals surface area contributed by atoms with Gasteiger partial charge in [0.1, 0.15) is 4.90 Å². The van der Waals surface area contributed by atoms with E-state index < -0.39 is 10.0 Å². The summed E-state index contributed by atoms with van der Waals surface area (Å²) in [6, 6.07) is 11.9. The Kier molecular flexibility index (Phi) is 4.47. The van der Waals surface area contributed by atoms with Gasteiger partial charge in [-0.25, -0.2) is 8.42 Å². The molecular formula is C14H14BrNO3S. The quantitative estimate of drug-likeness (QED) is 0.885. The number of nitrogens with one attached hydrogen (secondary N) is 1. The number of hydrogen-bond donors (Lipinski definition) is 2. The van der Waals surface area contributed by atoms with Crippen molar-refractivity contribution >= 4 is 31.6 Å². The molecule has 2 rings (SSSR count). The minimum Gasteiger partial charge on any atom is -0.392 e. The maximum absolute atomic E-state index is 12.4. The molecule has 2 aromatic carbocycles. The molecule has 0 heterocycles. The van der Waals surface area contributed by atoms with Crippen LogP contribution in [0.25, 0.3) is 0 Å². The zero-order chi connectivity index (χ0) is 14.8. The Labute approximate surface area is 126 Å². The van der Waals surface area contributed by atoms with E-state index in [2.05, 4.69) is 20.7 Å². The normalized spacial score (nSPS) is 11.3. The molecule has 0 aliphatic heterocycles. The van der Waals surface area contributed by atoms with Crippen molar-refractivity contribution in [1.29, 1.82) is 0 Å². The summed E-state index contributed by atoms with van der Waals surface area (Å²) in [5.41, 5.74) is 1.91. The van der Waals surface area contributed by atoms with Gasteiger partial charge in [-0.3, -0.25) is 4.72 Å². The van der Waals surface area contributed by atoms with E-state index in [9.17, 15) is 8.42 Å². The molecule has 0 saturated heterocycles. The molecule has 0 amide bonds. The Morgan fingerprint density at radius 3 is 2.55 bits per heavy atom. The average molecular weight is 356 g/mol. The molecule has 4 nitrogen and oxygen atoms in total. The Bertz CT molecular complexity index is 729. The van der Waals surface area contributed by atoms with Crippen LogP contribution in [0.2, 0.25) is 0 Å². The lowest BCUT2D eigenvalue weighted by Crippen LogP contribution is -2.14. The molecule has 2 aromatic rings. The smallest absolute Gasteiger partial charge is 0.263 e. The third-order valence-corrected chi connectivity index (χ3v) is 5.22. The number of benzene rings is 2. The highest BCUT2D eigenvalue weighted by Crippen LogP contribution is 2.26. The monoisotopic (exact) mass is 355 g/mol. The van der Waals surface area contributed by atoms with Gasteiger partial charge >= 0.3 is 0 Å². The van der Waals surface area contributed by atoms with Crippen LogP contribution in [0.4, 0.5) is 5.69 Å². The molecule has 0 aliphatic rings. The van der Waals surface area contributed by atoms with Crippen molar-refractivity contribution in [2.24, 2.45) is 0 Å². The number of rotatable bonds is 4. The van der Waals surface area contributed by atoms with E-state index in [0.29, 0.717) is 15.7 Å². The predicted molar refractivity (Wildman–Crippen MR) is 82.1 cm³/mol. The average Bonchev–Trinajstić information content (AvgIpc) is 2.41. The molecule has 0 aromatic heterocycles. The van der Waals surface area contributed by atoms with Gasteiger partial charge in [0, 0.05) is 4.47 Å². The predicted octanol–water partition coefficient (Wildman–Crippen LogP) is 3.05. The fourth-order valence-electron chi connectivity index (χ4n) is 1.74. The first kappa shape index (κ1) is 15.0. The Balaban J connectivity index is 2.43. The number of aryl methyl sites for hydroxylation is 1. The molecule has 0 bridgehead atoms. The zero-order valence-corrected chi connectivity index (χ0v) is 13.2. The third kappa shape index (κ3) is 3.20. The minimum atomic E-state index is -3.71. The van der Waals surface area contributed by atoms with E-state index in [0.717, 1.165) is 5.56 Å². The van der Waals surface area contributed by atoms with Gasteiger partial charge in [-0.05, 0) is 52.2 Å². The van der Waals surface area contributed by atoms with Crippen LogP contribution < -0.4 is 4.72 Å². The lowest BCUT2D eigenvalue weighted by molar-refractivity contribution is 0.281. The van der Waals surface area contributed by atoms with Crippen molar-refractivity contribution < 1.29 is 13.5 Å². The van der Waals surface area contributed by atoms with E-state index in [-0.39, 0.29) is 11.5 Å². The number of halogens is 1. The van der Waals surface area contributed by atoms with Crippen molar-refractivity contribution in [3.8, 4) is 0 Å². The molecular weight excluding hydrogens is 342 g/mol. The number of hydrogen-bond acceptors (Lipinski definition) is 3. The molecule has 0 saturated carbocycles. The van der Waals surface area contributed by atoms with Crippen molar-refractivity contribution in [1.82, 2.24) is 0 Å². The van der Waals surface area contributed by atoms with Crippen molar-refractivity contribution in [3.05, 3.63) is 58.1 Å². The minimum absolute atomic E-state index is 0.104. The molecule has 0 atom stereocenters. The van der Waals surface area contributed by atoms with Crippen LogP contribution in [0.5, 0.6) is 0 Å². The summed E-state index contributed by atoms with van der Waals surface area (Å²) >= 11 is 3.23.